The molecule has 3 nitrogen and oxygen atoms in total. The zero-order valence-corrected chi connectivity index (χ0v) is 10.4. The standard InChI is InChI=1S/C13H14N2OS/c1-9-6-7-17-12(9)13(16)15-8-10-4-2-3-5-11(10)14/h2-7H,8,14H2,1H3,(H,15,16). The van der Waals surface area contributed by atoms with Gasteiger partial charge in [-0.25, -0.2) is 0 Å². The number of anilines is 1. The number of hydrogen-bond acceptors (Lipinski definition) is 3. The second kappa shape index (κ2) is 5.01. The van der Waals surface area contributed by atoms with Crippen LogP contribution in [0.2, 0.25) is 0 Å². The minimum absolute atomic E-state index is 0.0410. The lowest BCUT2D eigenvalue weighted by molar-refractivity contribution is 0.0954. The summed E-state index contributed by atoms with van der Waals surface area (Å²) < 4.78 is 0. The molecule has 0 unspecified atom stereocenters. The van der Waals surface area contributed by atoms with E-state index in [1.165, 1.54) is 11.3 Å². The number of para-hydroxylation sites is 1. The molecule has 3 N–H and O–H groups in total. The van der Waals surface area contributed by atoms with Crippen LogP contribution in [0.5, 0.6) is 0 Å². The largest absolute Gasteiger partial charge is 0.398 e. The van der Waals surface area contributed by atoms with Gasteiger partial charge in [-0.1, -0.05) is 18.2 Å². The Kier molecular flexibility index (Phi) is 3.44. The maximum absolute atomic E-state index is 11.9. The molecule has 0 fully saturated rings. The molecular weight excluding hydrogens is 232 g/mol. The first-order valence-electron chi connectivity index (χ1n) is 5.34. The lowest BCUT2D eigenvalue weighted by Crippen LogP contribution is -2.22. The Labute approximate surface area is 104 Å². The highest BCUT2D eigenvalue weighted by atomic mass is 32.1. The molecule has 0 atom stereocenters. The molecule has 1 aromatic carbocycles. The van der Waals surface area contributed by atoms with Gasteiger partial charge in [0.05, 0.1) is 4.88 Å². The van der Waals surface area contributed by atoms with Gasteiger partial charge in [-0.3, -0.25) is 4.79 Å². The molecule has 1 amide bonds. The van der Waals surface area contributed by atoms with Crippen molar-refractivity contribution in [2.45, 2.75) is 13.5 Å². The van der Waals surface area contributed by atoms with Crippen LogP contribution in [0.25, 0.3) is 0 Å². The van der Waals surface area contributed by atoms with Gasteiger partial charge in [0.2, 0.25) is 0 Å². The number of nitrogens with one attached hydrogen (secondary N) is 1. The van der Waals surface area contributed by atoms with Crippen LogP contribution in [0.15, 0.2) is 35.7 Å². The maximum Gasteiger partial charge on any atom is 0.261 e. The first-order chi connectivity index (χ1) is 8.18. The second-order valence-electron chi connectivity index (χ2n) is 3.81. The van der Waals surface area contributed by atoms with Crippen molar-refractivity contribution in [1.29, 1.82) is 0 Å². The van der Waals surface area contributed by atoms with E-state index in [4.69, 9.17) is 5.73 Å². The van der Waals surface area contributed by atoms with E-state index in [1.807, 2.05) is 42.6 Å². The van der Waals surface area contributed by atoms with Gasteiger partial charge in [-0.2, -0.15) is 0 Å². The molecule has 2 aromatic rings. The van der Waals surface area contributed by atoms with Crippen molar-refractivity contribution in [3.8, 4) is 0 Å². The van der Waals surface area contributed by atoms with Crippen LogP contribution in [0, 0.1) is 6.92 Å². The highest BCUT2D eigenvalue weighted by molar-refractivity contribution is 7.12. The summed E-state index contributed by atoms with van der Waals surface area (Å²) in [6.45, 7) is 2.39. The van der Waals surface area contributed by atoms with E-state index in [9.17, 15) is 4.79 Å². The van der Waals surface area contributed by atoms with Crippen LogP contribution in [0.4, 0.5) is 5.69 Å². The van der Waals surface area contributed by atoms with E-state index in [0.717, 1.165) is 16.0 Å². The minimum Gasteiger partial charge on any atom is -0.398 e. The van der Waals surface area contributed by atoms with Crippen molar-refractivity contribution >= 4 is 22.9 Å². The molecule has 0 saturated heterocycles. The molecule has 1 heterocycles. The average molecular weight is 246 g/mol. The minimum atomic E-state index is -0.0410. The summed E-state index contributed by atoms with van der Waals surface area (Å²) in [6.07, 6.45) is 0. The fraction of sp³-hybridized carbons (Fsp3) is 0.154. The number of rotatable bonds is 3. The number of aryl methyl sites for hydroxylation is 1. The Morgan fingerprint density at radius 3 is 2.76 bits per heavy atom. The van der Waals surface area contributed by atoms with Gasteiger partial charge in [0, 0.05) is 12.2 Å². The number of amides is 1. The van der Waals surface area contributed by atoms with Crippen molar-refractivity contribution in [2.75, 3.05) is 5.73 Å². The van der Waals surface area contributed by atoms with Gasteiger partial charge in [0.15, 0.2) is 0 Å². The van der Waals surface area contributed by atoms with Gasteiger partial charge >= 0.3 is 0 Å². The molecule has 0 aliphatic carbocycles. The number of carbonyl (C=O) groups is 1. The predicted octanol–water partition coefficient (Wildman–Crippen LogP) is 2.57. The summed E-state index contributed by atoms with van der Waals surface area (Å²) in [5.74, 6) is -0.0410. The van der Waals surface area contributed by atoms with Crippen LogP contribution < -0.4 is 11.1 Å². The van der Waals surface area contributed by atoms with Crippen molar-refractivity contribution < 1.29 is 4.79 Å². The zero-order valence-electron chi connectivity index (χ0n) is 9.57. The summed E-state index contributed by atoms with van der Waals surface area (Å²) in [6, 6.07) is 9.48. The maximum atomic E-state index is 11.9. The van der Waals surface area contributed by atoms with Crippen molar-refractivity contribution in [3.05, 3.63) is 51.7 Å². The molecular formula is C13H14N2OS. The Morgan fingerprint density at radius 1 is 1.35 bits per heavy atom. The van der Waals surface area contributed by atoms with Gasteiger partial charge in [-0.05, 0) is 35.6 Å². The quantitative estimate of drug-likeness (QED) is 0.818. The molecule has 0 saturated carbocycles. The van der Waals surface area contributed by atoms with E-state index in [1.54, 1.807) is 0 Å². The molecule has 0 bridgehead atoms. The van der Waals surface area contributed by atoms with E-state index in [2.05, 4.69) is 5.32 Å². The smallest absolute Gasteiger partial charge is 0.261 e. The van der Waals surface area contributed by atoms with E-state index in [-0.39, 0.29) is 5.91 Å². The number of nitrogen functional groups attached to an aromatic ring is 1. The molecule has 0 spiro atoms. The van der Waals surface area contributed by atoms with Gasteiger partial charge in [-0.15, -0.1) is 11.3 Å². The van der Waals surface area contributed by atoms with Crippen LogP contribution in [-0.2, 0) is 6.54 Å². The lowest BCUT2D eigenvalue weighted by Gasteiger charge is -2.07. The first kappa shape index (κ1) is 11.7. The molecule has 0 aliphatic rings. The van der Waals surface area contributed by atoms with Gasteiger partial charge < -0.3 is 11.1 Å². The highest BCUT2D eigenvalue weighted by Gasteiger charge is 2.10. The van der Waals surface area contributed by atoms with E-state index >= 15 is 0 Å². The van der Waals surface area contributed by atoms with Crippen LogP contribution in [0.3, 0.4) is 0 Å². The number of hydrogen-bond donors (Lipinski definition) is 2. The van der Waals surface area contributed by atoms with Gasteiger partial charge in [0.25, 0.3) is 5.91 Å². The zero-order chi connectivity index (χ0) is 12.3. The Morgan fingerprint density at radius 2 is 2.12 bits per heavy atom. The summed E-state index contributed by atoms with van der Waals surface area (Å²) in [5, 5.41) is 4.79. The second-order valence-corrected chi connectivity index (χ2v) is 4.73. The Hall–Kier alpha value is -1.81. The fourth-order valence-corrected chi connectivity index (χ4v) is 2.40. The van der Waals surface area contributed by atoms with Crippen molar-refractivity contribution in [1.82, 2.24) is 5.32 Å². The van der Waals surface area contributed by atoms with Gasteiger partial charge in [0.1, 0.15) is 0 Å². The third-order valence-corrected chi connectivity index (χ3v) is 3.58. The summed E-state index contributed by atoms with van der Waals surface area (Å²) in [5.41, 5.74) is 8.46. The Balaban J connectivity index is 2.02. The molecule has 2 rings (SSSR count). The number of thiophene rings is 1. The molecule has 1 aromatic heterocycles. The fourth-order valence-electron chi connectivity index (χ4n) is 1.56. The predicted molar refractivity (Wildman–Crippen MR) is 71.1 cm³/mol. The monoisotopic (exact) mass is 246 g/mol. The molecule has 88 valence electrons. The molecule has 17 heavy (non-hydrogen) atoms. The SMILES string of the molecule is Cc1ccsc1C(=O)NCc1ccccc1N. The molecule has 0 radical (unpaired) electrons. The third-order valence-electron chi connectivity index (χ3n) is 2.56. The first-order valence-corrected chi connectivity index (χ1v) is 6.22. The van der Waals surface area contributed by atoms with E-state index in [0.29, 0.717) is 12.2 Å². The topological polar surface area (TPSA) is 55.1 Å². The summed E-state index contributed by atoms with van der Waals surface area (Å²) in [7, 11) is 0. The third kappa shape index (κ3) is 2.65. The average Bonchev–Trinajstić information content (AvgIpc) is 2.74. The van der Waals surface area contributed by atoms with Crippen molar-refractivity contribution in [2.24, 2.45) is 0 Å². The summed E-state index contributed by atoms with van der Waals surface area (Å²) in [4.78, 5) is 12.6. The molecule has 4 heteroatoms. The Bertz CT molecular complexity index is 534. The molecule has 0 aliphatic heterocycles. The normalized spacial score (nSPS) is 10.2. The number of nitrogens with two attached hydrogens (primary N) is 1. The highest BCUT2D eigenvalue weighted by Crippen LogP contribution is 2.16. The van der Waals surface area contributed by atoms with Crippen LogP contribution >= 0.6 is 11.3 Å². The van der Waals surface area contributed by atoms with Crippen LogP contribution in [-0.4, -0.2) is 5.91 Å². The lowest BCUT2D eigenvalue weighted by atomic mass is 10.2. The number of benzene rings is 1. The van der Waals surface area contributed by atoms with Crippen molar-refractivity contribution in [3.63, 3.8) is 0 Å². The summed E-state index contributed by atoms with van der Waals surface area (Å²) >= 11 is 1.45. The number of carbonyl (C=O) groups excluding carboxylic acids is 1. The van der Waals surface area contributed by atoms with E-state index < -0.39 is 0 Å². The van der Waals surface area contributed by atoms with Crippen LogP contribution in [0.1, 0.15) is 20.8 Å².